The number of nitrogens with two attached hydrogens (primary N) is 1. The lowest BCUT2D eigenvalue weighted by Crippen LogP contribution is -2.32. The highest BCUT2D eigenvalue weighted by atomic mass is 16.6. The average Bonchev–Trinajstić information content (AvgIpc) is 2.51. The number of hydrogen-bond acceptors (Lipinski definition) is 6. The molecule has 0 aliphatic carbocycles. The number of carbonyl (C=O) groups excluding carboxylic acids is 2. The minimum absolute atomic E-state index is 0.138. The van der Waals surface area contributed by atoms with Crippen LogP contribution in [0.25, 0.3) is 0 Å². The zero-order valence-electron chi connectivity index (χ0n) is 14.7. The molecule has 0 heterocycles. The maximum Gasteiger partial charge on any atom is 0.308 e. The normalized spacial score (nSPS) is 13.2. The Hall–Kier alpha value is -2.48. The first-order valence-electron chi connectivity index (χ1n) is 8.18. The second kappa shape index (κ2) is 9.73. The van der Waals surface area contributed by atoms with E-state index in [1.165, 1.54) is 18.2 Å². The Morgan fingerprint density at radius 1 is 1.28 bits per heavy atom. The average molecular weight is 351 g/mol. The second-order valence-corrected chi connectivity index (χ2v) is 6.19. The van der Waals surface area contributed by atoms with Crippen LogP contribution in [0.2, 0.25) is 0 Å². The molecule has 0 bridgehead atoms. The fraction of sp³-hybridized carbons (Fsp3) is 0.529. The van der Waals surface area contributed by atoms with Crippen molar-refractivity contribution in [2.45, 2.75) is 58.2 Å². The van der Waals surface area contributed by atoms with E-state index in [4.69, 9.17) is 10.5 Å². The molecule has 2 atom stereocenters. The van der Waals surface area contributed by atoms with Gasteiger partial charge in [-0.3, -0.25) is 19.7 Å². The van der Waals surface area contributed by atoms with E-state index >= 15 is 0 Å². The predicted molar refractivity (Wildman–Crippen MR) is 92.7 cm³/mol. The van der Waals surface area contributed by atoms with Crippen molar-refractivity contribution in [3.8, 4) is 0 Å². The summed E-state index contributed by atoms with van der Waals surface area (Å²) in [5.74, 6) is -0.858. The Morgan fingerprint density at radius 2 is 1.92 bits per heavy atom. The largest absolute Gasteiger partial charge is 0.463 e. The molecule has 8 nitrogen and oxygen atoms in total. The summed E-state index contributed by atoms with van der Waals surface area (Å²) in [7, 11) is 0. The highest BCUT2D eigenvalue weighted by Gasteiger charge is 2.26. The van der Waals surface area contributed by atoms with Gasteiger partial charge in [0.1, 0.15) is 0 Å². The van der Waals surface area contributed by atoms with Gasteiger partial charge in [-0.15, -0.1) is 0 Å². The van der Waals surface area contributed by atoms with Crippen LogP contribution in [0, 0.1) is 10.1 Å². The highest BCUT2D eigenvalue weighted by Crippen LogP contribution is 2.27. The van der Waals surface area contributed by atoms with E-state index in [-0.39, 0.29) is 42.1 Å². The van der Waals surface area contributed by atoms with Gasteiger partial charge in [-0.1, -0.05) is 18.2 Å². The molecule has 138 valence electrons. The monoisotopic (exact) mass is 351 g/mol. The molecule has 0 saturated carbocycles. The molecule has 25 heavy (non-hydrogen) atoms. The van der Waals surface area contributed by atoms with Gasteiger partial charge in [0.2, 0.25) is 5.91 Å². The maximum absolute atomic E-state index is 12.1. The van der Waals surface area contributed by atoms with E-state index < -0.39 is 16.9 Å². The van der Waals surface area contributed by atoms with Crippen molar-refractivity contribution in [1.29, 1.82) is 0 Å². The molecule has 1 amide bonds. The number of amides is 1. The maximum atomic E-state index is 12.1. The van der Waals surface area contributed by atoms with Crippen molar-refractivity contribution in [1.82, 2.24) is 5.32 Å². The van der Waals surface area contributed by atoms with Crippen LogP contribution in [0.1, 0.15) is 51.6 Å². The summed E-state index contributed by atoms with van der Waals surface area (Å²) < 4.78 is 5.10. The first-order chi connectivity index (χ1) is 11.7. The number of benzene rings is 1. The van der Waals surface area contributed by atoms with E-state index in [2.05, 4.69) is 5.32 Å². The van der Waals surface area contributed by atoms with Crippen molar-refractivity contribution in [2.75, 3.05) is 0 Å². The molecule has 0 radical (unpaired) electrons. The Balaban J connectivity index is 3.01. The predicted octanol–water partition coefficient (Wildman–Crippen LogP) is 2.22. The van der Waals surface area contributed by atoms with Gasteiger partial charge in [-0.25, -0.2) is 0 Å². The lowest BCUT2D eigenvalue weighted by molar-refractivity contribution is -0.385. The molecule has 0 aliphatic rings. The first kappa shape index (κ1) is 20.6. The molecule has 8 heteroatoms. The van der Waals surface area contributed by atoms with Crippen molar-refractivity contribution in [3.05, 3.63) is 39.9 Å². The van der Waals surface area contributed by atoms with Gasteiger partial charge in [0.05, 0.1) is 29.1 Å². The van der Waals surface area contributed by atoms with Crippen LogP contribution in [0.3, 0.4) is 0 Å². The molecule has 0 fully saturated rings. The van der Waals surface area contributed by atoms with Crippen LogP contribution >= 0.6 is 0 Å². The van der Waals surface area contributed by atoms with Gasteiger partial charge in [0.25, 0.3) is 5.69 Å². The van der Waals surface area contributed by atoms with Crippen LogP contribution in [-0.4, -0.2) is 28.9 Å². The molecule has 0 spiro atoms. The molecule has 0 saturated heterocycles. The van der Waals surface area contributed by atoms with Crippen LogP contribution in [0.4, 0.5) is 5.69 Å². The molecule has 1 aromatic carbocycles. The van der Waals surface area contributed by atoms with Gasteiger partial charge < -0.3 is 15.8 Å². The van der Waals surface area contributed by atoms with Crippen molar-refractivity contribution < 1.29 is 19.2 Å². The van der Waals surface area contributed by atoms with Crippen LogP contribution in [0.15, 0.2) is 24.3 Å². The topological polar surface area (TPSA) is 125 Å². The summed E-state index contributed by atoms with van der Waals surface area (Å²) in [4.78, 5) is 34.8. The number of rotatable bonds is 9. The van der Waals surface area contributed by atoms with E-state index in [9.17, 15) is 19.7 Å². The van der Waals surface area contributed by atoms with Crippen LogP contribution < -0.4 is 11.1 Å². The Labute approximate surface area is 146 Å². The number of esters is 1. The summed E-state index contributed by atoms with van der Waals surface area (Å²) in [5.41, 5.74) is 5.75. The quantitative estimate of drug-likeness (QED) is 0.399. The van der Waals surface area contributed by atoms with E-state index in [1.807, 2.05) is 0 Å². The number of para-hydroxylation sites is 1. The van der Waals surface area contributed by atoms with E-state index in [1.54, 1.807) is 26.8 Å². The third-order valence-electron chi connectivity index (χ3n) is 3.41. The fourth-order valence-corrected chi connectivity index (χ4v) is 2.29. The molecule has 1 rings (SSSR count). The number of ether oxygens (including phenoxy) is 1. The molecule has 0 aliphatic heterocycles. The van der Waals surface area contributed by atoms with E-state index in [0.717, 1.165) is 0 Å². The lowest BCUT2D eigenvalue weighted by atomic mass is 10.0. The standard InChI is InChI=1S/C17H25N3O5/c1-11(2)25-17(22)10-14(19-16(21)9-8-12(3)18)13-6-4-5-7-15(13)20(23)24/h4-7,11-12,14H,8-10,18H2,1-3H3,(H,19,21). The van der Waals surface area contributed by atoms with Gasteiger partial charge in [-0.05, 0) is 27.2 Å². The number of nitrogens with one attached hydrogen (secondary N) is 1. The number of nitro groups is 1. The lowest BCUT2D eigenvalue weighted by Gasteiger charge is -2.19. The third kappa shape index (κ3) is 7.30. The summed E-state index contributed by atoms with van der Waals surface area (Å²) in [5, 5.41) is 13.9. The molecule has 1 aromatic rings. The zero-order valence-corrected chi connectivity index (χ0v) is 14.7. The molecule has 0 aromatic heterocycles. The highest BCUT2D eigenvalue weighted by molar-refractivity contribution is 5.78. The molecule has 3 N–H and O–H groups in total. The van der Waals surface area contributed by atoms with E-state index in [0.29, 0.717) is 6.42 Å². The zero-order chi connectivity index (χ0) is 19.0. The summed E-state index contributed by atoms with van der Waals surface area (Å²) in [6, 6.07) is 5.04. The summed E-state index contributed by atoms with van der Waals surface area (Å²) >= 11 is 0. The molecule has 2 unspecified atom stereocenters. The number of hydrogen-bond donors (Lipinski definition) is 2. The van der Waals surface area contributed by atoms with Gasteiger partial charge in [0, 0.05) is 18.5 Å². The SMILES string of the molecule is CC(N)CCC(=O)NC(CC(=O)OC(C)C)c1ccccc1[N+](=O)[O-]. The van der Waals surface area contributed by atoms with Crippen molar-refractivity contribution in [3.63, 3.8) is 0 Å². The number of carbonyl (C=O) groups is 2. The smallest absolute Gasteiger partial charge is 0.308 e. The Kier molecular flexibility index (Phi) is 8.00. The van der Waals surface area contributed by atoms with Gasteiger partial charge in [-0.2, -0.15) is 0 Å². The van der Waals surface area contributed by atoms with Gasteiger partial charge >= 0.3 is 5.97 Å². The fourth-order valence-electron chi connectivity index (χ4n) is 2.29. The molecular weight excluding hydrogens is 326 g/mol. The Bertz CT molecular complexity index is 616. The number of nitrogens with zero attached hydrogens (tertiary/aromatic N) is 1. The summed E-state index contributed by atoms with van der Waals surface area (Å²) in [6.07, 6.45) is 0.153. The minimum Gasteiger partial charge on any atom is -0.463 e. The first-order valence-corrected chi connectivity index (χ1v) is 8.18. The Morgan fingerprint density at radius 3 is 2.48 bits per heavy atom. The van der Waals surface area contributed by atoms with Crippen LogP contribution in [-0.2, 0) is 14.3 Å². The number of nitro benzene ring substituents is 1. The van der Waals surface area contributed by atoms with Crippen molar-refractivity contribution >= 4 is 17.6 Å². The molecular formula is C17H25N3O5. The third-order valence-corrected chi connectivity index (χ3v) is 3.41. The second-order valence-electron chi connectivity index (χ2n) is 6.19. The van der Waals surface area contributed by atoms with Crippen LogP contribution in [0.5, 0.6) is 0 Å². The van der Waals surface area contributed by atoms with Gasteiger partial charge in [0.15, 0.2) is 0 Å². The summed E-state index contributed by atoms with van der Waals surface area (Å²) in [6.45, 7) is 5.20. The minimum atomic E-state index is -0.839. The van der Waals surface area contributed by atoms with Crippen molar-refractivity contribution in [2.24, 2.45) is 5.73 Å².